The molecule has 1 saturated heterocycles. The zero-order valence-electron chi connectivity index (χ0n) is 10.0. The highest BCUT2D eigenvalue weighted by molar-refractivity contribution is 5.80. The molecule has 0 aromatic heterocycles. The van der Waals surface area contributed by atoms with Gasteiger partial charge in [0.1, 0.15) is 5.54 Å². The first kappa shape index (κ1) is 13.4. The molecule has 1 heterocycles. The number of nitrogens with two attached hydrogens (primary N) is 1. The molecule has 1 aliphatic rings. The second kappa shape index (κ2) is 6.18. The summed E-state index contributed by atoms with van der Waals surface area (Å²) in [5.74, 6) is 0.00988. The molecule has 2 N–H and O–H groups in total. The third-order valence-electron chi connectivity index (χ3n) is 2.52. The second-order valence-corrected chi connectivity index (χ2v) is 4.38. The molecule has 0 saturated carbocycles. The molecule has 0 bridgehead atoms. The van der Waals surface area contributed by atoms with Gasteiger partial charge < -0.3 is 19.9 Å². The van der Waals surface area contributed by atoms with Crippen LogP contribution in [-0.4, -0.2) is 44.5 Å². The van der Waals surface area contributed by atoms with Crippen molar-refractivity contribution in [2.24, 2.45) is 11.7 Å². The lowest BCUT2D eigenvalue weighted by Gasteiger charge is -2.22. The molecule has 0 aromatic carbocycles. The SMILES string of the molecule is CCOC(=O)C(C)(N)COCC1CCOC1. The van der Waals surface area contributed by atoms with E-state index in [0.717, 1.165) is 19.6 Å². The largest absolute Gasteiger partial charge is 0.465 e. The molecule has 0 amide bonds. The molecule has 2 unspecified atom stereocenters. The summed E-state index contributed by atoms with van der Waals surface area (Å²) in [5, 5.41) is 0. The van der Waals surface area contributed by atoms with E-state index in [2.05, 4.69) is 0 Å². The number of hydrogen-bond donors (Lipinski definition) is 1. The van der Waals surface area contributed by atoms with Gasteiger partial charge in [-0.15, -0.1) is 0 Å². The molecule has 0 spiro atoms. The van der Waals surface area contributed by atoms with Crippen LogP contribution in [0, 0.1) is 5.92 Å². The Kier molecular flexibility index (Phi) is 5.18. The van der Waals surface area contributed by atoms with E-state index in [1.165, 1.54) is 0 Å². The third-order valence-corrected chi connectivity index (χ3v) is 2.52. The molecule has 2 atom stereocenters. The zero-order chi connectivity index (χ0) is 12.0. The number of hydrogen-bond acceptors (Lipinski definition) is 5. The van der Waals surface area contributed by atoms with Gasteiger partial charge in [-0.3, -0.25) is 0 Å². The normalized spacial score (nSPS) is 24.1. The van der Waals surface area contributed by atoms with E-state index in [9.17, 15) is 4.79 Å². The minimum Gasteiger partial charge on any atom is -0.465 e. The average molecular weight is 231 g/mol. The maximum Gasteiger partial charge on any atom is 0.328 e. The maximum absolute atomic E-state index is 11.4. The molecule has 1 fully saturated rings. The van der Waals surface area contributed by atoms with Crippen LogP contribution in [0.25, 0.3) is 0 Å². The topological polar surface area (TPSA) is 70.8 Å². The Balaban J connectivity index is 2.21. The van der Waals surface area contributed by atoms with Gasteiger partial charge in [0, 0.05) is 12.5 Å². The van der Waals surface area contributed by atoms with Gasteiger partial charge >= 0.3 is 5.97 Å². The van der Waals surface area contributed by atoms with Crippen LogP contribution in [0.2, 0.25) is 0 Å². The number of ether oxygens (including phenoxy) is 3. The Bertz CT molecular complexity index is 224. The van der Waals surface area contributed by atoms with Crippen molar-refractivity contribution in [1.82, 2.24) is 0 Å². The summed E-state index contributed by atoms with van der Waals surface area (Å²) in [6, 6.07) is 0. The summed E-state index contributed by atoms with van der Waals surface area (Å²) >= 11 is 0. The molecule has 0 aliphatic carbocycles. The smallest absolute Gasteiger partial charge is 0.328 e. The Morgan fingerprint density at radius 3 is 2.94 bits per heavy atom. The van der Waals surface area contributed by atoms with E-state index < -0.39 is 11.5 Å². The van der Waals surface area contributed by atoms with Crippen molar-refractivity contribution in [1.29, 1.82) is 0 Å². The lowest BCUT2D eigenvalue weighted by atomic mass is 10.1. The number of rotatable bonds is 6. The van der Waals surface area contributed by atoms with Gasteiger partial charge in [-0.2, -0.15) is 0 Å². The molecule has 0 radical (unpaired) electrons. The fourth-order valence-corrected chi connectivity index (χ4v) is 1.51. The van der Waals surface area contributed by atoms with Crippen LogP contribution in [0.3, 0.4) is 0 Å². The van der Waals surface area contributed by atoms with Gasteiger partial charge in [0.2, 0.25) is 0 Å². The minimum absolute atomic E-state index is 0.183. The average Bonchev–Trinajstić information content (AvgIpc) is 2.70. The first-order valence-electron chi connectivity index (χ1n) is 5.68. The molecule has 16 heavy (non-hydrogen) atoms. The van der Waals surface area contributed by atoms with Crippen LogP contribution in [0.15, 0.2) is 0 Å². The Morgan fingerprint density at radius 2 is 2.38 bits per heavy atom. The summed E-state index contributed by atoms with van der Waals surface area (Å²) in [7, 11) is 0. The van der Waals surface area contributed by atoms with E-state index >= 15 is 0 Å². The summed E-state index contributed by atoms with van der Waals surface area (Å²) in [5.41, 5.74) is 4.74. The maximum atomic E-state index is 11.4. The van der Waals surface area contributed by atoms with Crippen LogP contribution in [-0.2, 0) is 19.0 Å². The minimum atomic E-state index is -1.06. The molecule has 1 aliphatic heterocycles. The van der Waals surface area contributed by atoms with Crippen molar-refractivity contribution in [3.63, 3.8) is 0 Å². The summed E-state index contributed by atoms with van der Waals surface area (Å²) in [6.07, 6.45) is 1.01. The second-order valence-electron chi connectivity index (χ2n) is 4.38. The first-order chi connectivity index (χ1) is 7.56. The van der Waals surface area contributed by atoms with Crippen molar-refractivity contribution in [3.8, 4) is 0 Å². The van der Waals surface area contributed by atoms with E-state index in [1.807, 2.05) is 0 Å². The molecule has 5 heteroatoms. The standard InChI is InChI=1S/C11H21NO4/c1-3-16-10(13)11(2,12)8-15-7-9-4-5-14-6-9/h9H,3-8,12H2,1-2H3. The molecule has 1 rings (SSSR count). The summed E-state index contributed by atoms with van der Waals surface area (Å²) in [6.45, 7) is 6.02. The Hall–Kier alpha value is -0.650. The fourth-order valence-electron chi connectivity index (χ4n) is 1.51. The number of esters is 1. The van der Waals surface area contributed by atoms with Crippen LogP contribution in [0.4, 0.5) is 0 Å². The monoisotopic (exact) mass is 231 g/mol. The lowest BCUT2D eigenvalue weighted by molar-refractivity contribution is -0.151. The van der Waals surface area contributed by atoms with Crippen LogP contribution in [0.5, 0.6) is 0 Å². The first-order valence-corrected chi connectivity index (χ1v) is 5.68. The van der Waals surface area contributed by atoms with Crippen molar-refractivity contribution < 1.29 is 19.0 Å². The fraction of sp³-hybridized carbons (Fsp3) is 0.909. The summed E-state index contributed by atoms with van der Waals surface area (Å²) in [4.78, 5) is 11.4. The predicted molar refractivity (Wildman–Crippen MR) is 59.0 cm³/mol. The molecular formula is C11H21NO4. The van der Waals surface area contributed by atoms with Gasteiger partial charge in [0.05, 0.1) is 26.4 Å². The van der Waals surface area contributed by atoms with Gasteiger partial charge in [0.25, 0.3) is 0 Å². The molecule has 5 nitrogen and oxygen atoms in total. The van der Waals surface area contributed by atoms with Gasteiger partial charge in [0.15, 0.2) is 0 Å². The number of carbonyl (C=O) groups is 1. The molecular weight excluding hydrogens is 210 g/mol. The van der Waals surface area contributed by atoms with E-state index in [-0.39, 0.29) is 6.61 Å². The van der Waals surface area contributed by atoms with Gasteiger partial charge in [-0.1, -0.05) is 0 Å². The Morgan fingerprint density at radius 1 is 1.62 bits per heavy atom. The number of carbonyl (C=O) groups excluding carboxylic acids is 1. The Labute approximate surface area is 96.2 Å². The highest BCUT2D eigenvalue weighted by Crippen LogP contribution is 2.13. The van der Waals surface area contributed by atoms with E-state index in [4.69, 9.17) is 19.9 Å². The highest BCUT2D eigenvalue weighted by atomic mass is 16.5. The van der Waals surface area contributed by atoms with E-state index in [0.29, 0.717) is 19.1 Å². The van der Waals surface area contributed by atoms with Crippen LogP contribution in [0.1, 0.15) is 20.3 Å². The van der Waals surface area contributed by atoms with Crippen LogP contribution >= 0.6 is 0 Å². The molecule has 0 aromatic rings. The van der Waals surface area contributed by atoms with Gasteiger partial charge in [-0.25, -0.2) is 4.79 Å². The van der Waals surface area contributed by atoms with Crippen molar-refractivity contribution in [2.75, 3.05) is 33.0 Å². The quantitative estimate of drug-likeness (QED) is 0.667. The predicted octanol–water partition coefficient (Wildman–Crippen LogP) is 0.320. The highest BCUT2D eigenvalue weighted by Gasteiger charge is 2.30. The summed E-state index contributed by atoms with van der Waals surface area (Å²) < 4.78 is 15.5. The molecule has 94 valence electrons. The van der Waals surface area contributed by atoms with Crippen LogP contribution < -0.4 is 5.73 Å². The van der Waals surface area contributed by atoms with E-state index in [1.54, 1.807) is 13.8 Å². The van der Waals surface area contributed by atoms with Crippen molar-refractivity contribution >= 4 is 5.97 Å². The third kappa shape index (κ3) is 4.08. The zero-order valence-corrected chi connectivity index (χ0v) is 10.0. The van der Waals surface area contributed by atoms with Crippen molar-refractivity contribution in [3.05, 3.63) is 0 Å². The van der Waals surface area contributed by atoms with Gasteiger partial charge in [-0.05, 0) is 20.3 Å². The lowest BCUT2D eigenvalue weighted by Crippen LogP contribution is -2.50. The van der Waals surface area contributed by atoms with Crippen molar-refractivity contribution in [2.45, 2.75) is 25.8 Å².